The third-order valence-corrected chi connectivity index (χ3v) is 6.02. The van der Waals surface area contributed by atoms with Crippen molar-refractivity contribution in [3.8, 4) is 0 Å². The molecule has 1 fully saturated rings. The lowest BCUT2D eigenvalue weighted by Crippen LogP contribution is -2.62. The molecule has 2 nitrogen and oxygen atoms in total. The topological polar surface area (TPSA) is 20.3 Å². The lowest BCUT2D eigenvalue weighted by Gasteiger charge is -2.45. The summed E-state index contributed by atoms with van der Waals surface area (Å²) in [5, 5.41) is -0.0506. The average molecular weight is 372 g/mol. The molecule has 1 aliphatic heterocycles. The summed E-state index contributed by atoms with van der Waals surface area (Å²) in [5.74, 6) is 1.03. The first-order valence-corrected chi connectivity index (χ1v) is 10.1. The van der Waals surface area contributed by atoms with Crippen molar-refractivity contribution in [2.24, 2.45) is 0 Å². The molecule has 3 aromatic rings. The Hall–Kier alpha value is -2.78. The number of thioether (sulfide) groups is 1. The monoisotopic (exact) mass is 371 g/mol. The van der Waals surface area contributed by atoms with Crippen LogP contribution in [0.1, 0.15) is 11.1 Å². The lowest BCUT2D eigenvalue weighted by atomic mass is 9.98. The molecule has 0 spiro atoms. The number of hydrogen-bond acceptors (Lipinski definition) is 2. The standard InChI is InChI=1S/C24H21NOS/c26-24-23(27-18-20-12-6-2-7-13-20)22(17-16-19-10-4-1-5-11-19)25(24)21-14-8-3-9-15-21/h1-17,22-23H,18H2/b17-16+/t22-,23-/m1/s1. The van der Waals surface area contributed by atoms with Gasteiger partial charge in [-0.2, -0.15) is 0 Å². The first-order valence-electron chi connectivity index (χ1n) is 9.10. The van der Waals surface area contributed by atoms with Gasteiger partial charge in [0.05, 0.1) is 6.04 Å². The number of hydrogen-bond donors (Lipinski definition) is 0. The van der Waals surface area contributed by atoms with Gasteiger partial charge in [-0.1, -0.05) is 91.0 Å². The molecule has 2 atom stereocenters. The van der Waals surface area contributed by atoms with E-state index < -0.39 is 0 Å². The molecule has 1 heterocycles. The largest absolute Gasteiger partial charge is 0.303 e. The first kappa shape index (κ1) is 17.6. The molecular formula is C24H21NOS. The van der Waals surface area contributed by atoms with Crippen molar-refractivity contribution in [1.82, 2.24) is 0 Å². The van der Waals surface area contributed by atoms with Gasteiger partial charge in [-0.15, -0.1) is 11.8 Å². The van der Waals surface area contributed by atoms with Gasteiger partial charge in [-0.25, -0.2) is 0 Å². The number of rotatable bonds is 6. The predicted octanol–water partition coefficient (Wildman–Crippen LogP) is 5.42. The predicted molar refractivity (Wildman–Crippen MR) is 115 cm³/mol. The molecule has 0 N–H and O–H groups in total. The van der Waals surface area contributed by atoms with Crippen molar-refractivity contribution < 1.29 is 4.79 Å². The minimum Gasteiger partial charge on any atom is -0.303 e. The van der Waals surface area contributed by atoms with E-state index in [0.717, 1.165) is 17.0 Å². The Kier molecular flexibility index (Phi) is 5.40. The van der Waals surface area contributed by atoms with Crippen LogP contribution in [0, 0.1) is 0 Å². The lowest BCUT2D eigenvalue weighted by molar-refractivity contribution is -0.122. The number of carbonyl (C=O) groups excluding carboxylic acids is 1. The maximum absolute atomic E-state index is 12.9. The maximum atomic E-state index is 12.9. The van der Waals surface area contributed by atoms with E-state index in [9.17, 15) is 4.79 Å². The summed E-state index contributed by atoms with van der Waals surface area (Å²) in [6.45, 7) is 0. The van der Waals surface area contributed by atoms with Crippen molar-refractivity contribution in [2.45, 2.75) is 17.0 Å². The fourth-order valence-electron chi connectivity index (χ4n) is 3.26. The molecule has 0 aromatic heterocycles. The summed E-state index contributed by atoms with van der Waals surface area (Å²) in [6.07, 6.45) is 4.27. The molecule has 0 radical (unpaired) electrons. The highest BCUT2D eigenvalue weighted by Crippen LogP contribution is 2.37. The van der Waals surface area contributed by atoms with E-state index in [1.165, 1.54) is 5.56 Å². The highest BCUT2D eigenvalue weighted by atomic mass is 32.2. The fraction of sp³-hybridized carbons (Fsp3) is 0.125. The van der Waals surface area contributed by atoms with Crippen molar-refractivity contribution in [2.75, 3.05) is 4.90 Å². The van der Waals surface area contributed by atoms with E-state index in [1.807, 2.05) is 71.6 Å². The first-order chi connectivity index (χ1) is 13.3. The SMILES string of the molecule is O=C1[C@H](SCc2ccccc2)[C@@H](/C=C/c2ccccc2)N1c1ccccc1. The van der Waals surface area contributed by atoms with Crippen molar-refractivity contribution in [1.29, 1.82) is 0 Å². The molecule has 3 heteroatoms. The minimum atomic E-state index is -0.0506. The van der Waals surface area contributed by atoms with Gasteiger partial charge >= 0.3 is 0 Å². The van der Waals surface area contributed by atoms with Gasteiger partial charge in [0.15, 0.2) is 0 Å². The normalized spacial score (nSPS) is 19.3. The summed E-state index contributed by atoms with van der Waals surface area (Å²) < 4.78 is 0. The molecule has 27 heavy (non-hydrogen) atoms. The van der Waals surface area contributed by atoms with Gasteiger partial charge in [0, 0.05) is 11.4 Å². The Morgan fingerprint density at radius 2 is 1.41 bits per heavy atom. The van der Waals surface area contributed by atoms with E-state index in [4.69, 9.17) is 0 Å². The number of benzene rings is 3. The Morgan fingerprint density at radius 3 is 2.07 bits per heavy atom. The third kappa shape index (κ3) is 3.99. The Bertz CT molecular complexity index is 909. The van der Waals surface area contributed by atoms with Crippen molar-refractivity contribution >= 4 is 29.4 Å². The van der Waals surface area contributed by atoms with E-state index in [1.54, 1.807) is 11.8 Å². The Labute approximate surface area is 164 Å². The fourth-order valence-corrected chi connectivity index (χ4v) is 4.49. The van der Waals surface area contributed by atoms with Crippen LogP contribution in [0.2, 0.25) is 0 Å². The van der Waals surface area contributed by atoms with Crippen LogP contribution in [0.3, 0.4) is 0 Å². The molecule has 1 saturated heterocycles. The second-order valence-corrected chi connectivity index (χ2v) is 7.65. The van der Waals surface area contributed by atoms with Crippen LogP contribution in [-0.4, -0.2) is 17.2 Å². The highest BCUT2D eigenvalue weighted by Gasteiger charge is 2.46. The number of β-lactam (4-membered cyclic amide) rings is 1. The molecule has 0 saturated carbocycles. The zero-order valence-corrected chi connectivity index (χ0v) is 15.8. The second-order valence-electron chi connectivity index (χ2n) is 6.52. The van der Waals surface area contributed by atoms with Gasteiger partial charge in [-0.05, 0) is 23.3 Å². The molecule has 0 unspecified atom stereocenters. The summed E-state index contributed by atoms with van der Waals surface area (Å²) >= 11 is 1.72. The van der Waals surface area contributed by atoms with Crippen LogP contribution in [0.4, 0.5) is 5.69 Å². The number of carbonyl (C=O) groups is 1. The van der Waals surface area contributed by atoms with Crippen molar-refractivity contribution in [3.63, 3.8) is 0 Å². The molecule has 3 aromatic carbocycles. The van der Waals surface area contributed by atoms with Crippen LogP contribution in [0.15, 0.2) is 97.1 Å². The third-order valence-electron chi connectivity index (χ3n) is 4.68. The van der Waals surface area contributed by atoms with Gasteiger partial charge in [0.25, 0.3) is 0 Å². The smallest absolute Gasteiger partial charge is 0.243 e. The number of anilines is 1. The molecule has 4 rings (SSSR count). The highest BCUT2D eigenvalue weighted by molar-refractivity contribution is 8.00. The zero-order valence-electron chi connectivity index (χ0n) is 14.9. The van der Waals surface area contributed by atoms with Gasteiger partial charge < -0.3 is 4.90 Å². The van der Waals surface area contributed by atoms with Gasteiger partial charge in [0.1, 0.15) is 5.25 Å². The summed E-state index contributed by atoms with van der Waals surface area (Å²) in [4.78, 5) is 14.8. The Balaban J connectivity index is 1.54. The molecule has 0 aliphatic carbocycles. The van der Waals surface area contributed by atoms with Crippen LogP contribution in [0.25, 0.3) is 6.08 Å². The van der Waals surface area contributed by atoms with E-state index in [2.05, 4.69) is 36.4 Å². The number of nitrogens with zero attached hydrogens (tertiary/aromatic N) is 1. The van der Waals surface area contributed by atoms with Crippen LogP contribution in [-0.2, 0) is 10.5 Å². The zero-order chi connectivity index (χ0) is 18.5. The molecule has 1 amide bonds. The maximum Gasteiger partial charge on any atom is 0.243 e. The molecular weight excluding hydrogens is 350 g/mol. The van der Waals surface area contributed by atoms with E-state index in [0.29, 0.717) is 0 Å². The summed E-state index contributed by atoms with van der Waals surface area (Å²) in [5.41, 5.74) is 3.36. The van der Waals surface area contributed by atoms with Crippen LogP contribution >= 0.6 is 11.8 Å². The second kappa shape index (κ2) is 8.28. The average Bonchev–Trinajstić information content (AvgIpc) is 2.73. The Morgan fingerprint density at radius 1 is 0.815 bits per heavy atom. The summed E-state index contributed by atoms with van der Waals surface area (Å²) in [6, 6.07) is 30.6. The summed E-state index contributed by atoms with van der Waals surface area (Å²) in [7, 11) is 0. The molecule has 134 valence electrons. The van der Waals surface area contributed by atoms with Gasteiger partial charge in [0.2, 0.25) is 5.91 Å². The van der Waals surface area contributed by atoms with Crippen molar-refractivity contribution in [3.05, 3.63) is 108 Å². The quantitative estimate of drug-likeness (QED) is 0.540. The van der Waals surface area contributed by atoms with E-state index >= 15 is 0 Å². The van der Waals surface area contributed by atoms with Gasteiger partial charge in [-0.3, -0.25) is 4.79 Å². The minimum absolute atomic E-state index is 0.0506. The number of amides is 1. The van der Waals surface area contributed by atoms with E-state index in [-0.39, 0.29) is 17.2 Å². The molecule has 0 bridgehead atoms. The van der Waals surface area contributed by atoms with Crippen LogP contribution < -0.4 is 4.90 Å². The van der Waals surface area contributed by atoms with Crippen LogP contribution in [0.5, 0.6) is 0 Å². The number of para-hydroxylation sites is 1. The molecule has 1 aliphatic rings.